The molecule has 10 heteroatoms. The molecule has 0 aliphatic carbocycles. The van der Waals surface area contributed by atoms with Crippen molar-refractivity contribution in [1.29, 1.82) is 5.26 Å². The highest BCUT2D eigenvalue weighted by atomic mass is 19.4. The molecule has 3 unspecified atom stereocenters. The summed E-state index contributed by atoms with van der Waals surface area (Å²) >= 11 is 0. The first kappa shape index (κ1) is 25.6. The molecular formula is C26H28F3N5O2. The van der Waals surface area contributed by atoms with Crippen LogP contribution in [-0.4, -0.2) is 30.2 Å². The van der Waals surface area contributed by atoms with Gasteiger partial charge in [-0.05, 0) is 42.9 Å². The summed E-state index contributed by atoms with van der Waals surface area (Å²) in [7, 11) is 1.45. The summed E-state index contributed by atoms with van der Waals surface area (Å²) in [5.41, 5.74) is 6.34. The fraction of sp³-hybridized carbons (Fsp3) is 0.500. The van der Waals surface area contributed by atoms with Gasteiger partial charge in [0.2, 0.25) is 0 Å². The van der Waals surface area contributed by atoms with Crippen LogP contribution in [0.3, 0.4) is 0 Å². The molecule has 2 aliphatic heterocycles. The zero-order valence-electron chi connectivity index (χ0n) is 20.4. The Bertz CT molecular complexity index is 1250. The molecule has 2 aromatic rings. The number of nitrogen functional groups attached to an aromatic ring is 1. The van der Waals surface area contributed by atoms with Crippen molar-refractivity contribution in [2.75, 3.05) is 30.8 Å². The van der Waals surface area contributed by atoms with Gasteiger partial charge in [0.1, 0.15) is 5.82 Å². The molecule has 3 atom stereocenters. The van der Waals surface area contributed by atoms with E-state index in [2.05, 4.69) is 39.7 Å². The number of nitrogens with two attached hydrogens (primary N) is 1. The number of aromatic nitrogens is 2. The number of benzene rings is 1. The number of alkyl halides is 3. The van der Waals surface area contributed by atoms with Gasteiger partial charge in [-0.3, -0.25) is 0 Å². The number of ether oxygens (including phenoxy) is 2. The van der Waals surface area contributed by atoms with Crippen LogP contribution in [0.1, 0.15) is 60.7 Å². The van der Waals surface area contributed by atoms with Gasteiger partial charge in [0.05, 0.1) is 37.1 Å². The average Bonchev–Trinajstić information content (AvgIpc) is 2.81. The highest BCUT2D eigenvalue weighted by Gasteiger charge is 2.40. The van der Waals surface area contributed by atoms with Crippen LogP contribution >= 0.6 is 0 Å². The van der Waals surface area contributed by atoms with Crippen LogP contribution in [0.4, 0.5) is 24.7 Å². The molecule has 4 rings (SSSR count). The number of halogens is 3. The normalized spacial score (nSPS) is 21.7. The van der Waals surface area contributed by atoms with E-state index in [0.717, 1.165) is 18.5 Å². The SMILES string of the molecule is CC#Cc1cc(N)cc(C2Cc3nc(OC)nc(N4CC(C)CC(CC#N)C4)c3CO2)c1C(F)(F)F. The molecule has 1 fully saturated rings. The summed E-state index contributed by atoms with van der Waals surface area (Å²) < 4.78 is 53.8. The van der Waals surface area contributed by atoms with Crippen molar-refractivity contribution in [3.8, 4) is 23.9 Å². The maximum atomic E-state index is 14.1. The summed E-state index contributed by atoms with van der Waals surface area (Å²) in [5, 5.41) is 9.19. The van der Waals surface area contributed by atoms with Gasteiger partial charge < -0.3 is 20.1 Å². The summed E-state index contributed by atoms with van der Waals surface area (Å²) in [4.78, 5) is 11.2. The number of hydrogen-bond acceptors (Lipinski definition) is 7. The molecule has 2 aliphatic rings. The lowest BCUT2D eigenvalue weighted by molar-refractivity contribution is -0.140. The summed E-state index contributed by atoms with van der Waals surface area (Å²) in [6.07, 6.45) is -4.07. The molecule has 0 spiro atoms. The number of nitriles is 1. The molecular weight excluding hydrogens is 471 g/mol. The number of piperidine rings is 1. The predicted octanol–water partition coefficient (Wildman–Crippen LogP) is 4.65. The Labute approximate surface area is 208 Å². The Morgan fingerprint density at radius 3 is 2.72 bits per heavy atom. The Morgan fingerprint density at radius 1 is 1.28 bits per heavy atom. The first-order valence-electron chi connectivity index (χ1n) is 11.7. The van der Waals surface area contributed by atoms with Crippen molar-refractivity contribution >= 4 is 11.5 Å². The maximum Gasteiger partial charge on any atom is 0.417 e. The molecule has 1 saturated heterocycles. The van der Waals surface area contributed by atoms with Gasteiger partial charge in [-0.1, -0.05) is 12.8 Å². The Hall–Kier alpha value is -3.50. The van der Waals surface area contributed by atoms with Crippen molar-refractivity contribution in [2.45, 2.75) is 52.0 Å². The van der Waals surface area contributed by atoms with E-state index in [-0.39, 0.29) is 41.8 Å². The van der Waals surface area contributed by atoms with E-state index in [9.17, 15) is 18.4 Å². The Kier molecular flexibility index (Phi) is 7.28. The zero-order valence-corrected chi connectivity index (χ0v) is 20.4. The van der Waals surface area contributed by atoms with Crippen molar-refractivity contribution in [3.05, 3.63) is 40.1 Å². The number of nitrogens with zero attached hydrogens (tertiary/aromatic N) is 4. The lowest BCUT2D eigenvalue weighted by Gasteiger charge is -2.38. The van der Waals surface area contributed by atoms with Gasteiger partial charge in [0, 0.05) is 42.7 Å². The van der Waals surface area contributed by atoms with Crippen molar-refractivity contribution in [3.63, 3.8) is 0 Å². The van der Waals surface area contributed by atoms with Gasteiger partial charge in [-0.15, -0.1) is 5.92 Å². The van der Waals surface area contributed by atoms with Crippen molar-refractivity contribution in [1.82, 2.24) is 9.97 Å². The summed E-state index contributed by atoms with van der Waals surface area (Å²) in [5.74, 6) is 6.26. The second-order valence-corrected chi connectivity index (χ2v) is 9.34. The molecule has 190 valence electrons. The number of methoxy groups -OCH3 is 1. The largest absolute Gasteiger partial charge is 0.467 e. The third-order valence-corrected chi connectivity index (χ3v) is 6.55. The zero-order chi connectivity index (χ0) is 26.0. The van der Waals surface area contributed by atoms with Crippen LogP contribution < -0.4 is 15.4 Å². The van der Waals surface area contributed by atoms with E-state index in [1.54, 1.807) is 0 Å². The van der Waals surface area contributed by atoms with Crippen LogP contribution in [0.15, 0.2) is 12.1 Å². The summed E-state index contributed by atoms with van der Waals surface area (Å²) in [6, 6.07) is 4.93. The quantitative estimate of drug-likeness (QED) is 0.483. The number of rotatable bonds is 4. The van der Waals surface area contributed by atoms with E-state index in [1.165, 1.54) is 26.2 Å². The van der Waals surface area contributed by atoms with Crippen molar-refractivity contribution < 1.29 is 22.6 Å². The number of hydrogen-bond donors (Lipinski definition) is 1. The second kappa shape index (κ2) is 10.2. The third kappa shape index (κ3) is 5.19. The Balaban J connectivity index is 1.75. The van der Waals surface area contributed by atoms with E-state index in [4.69, 9.17) is 15.2 Å². The minimum Gasteiger partial charge on any atom is -0.467 e. The lowest BCUT2D eigenvalue weighted by atomic mass is 9.88. The van der Waals surface area contributed by atoms with E-state index in [0.29, 0.717) is 30.4 Å². The van der Waals surface area contributed by atoms with E-state index < -0.39 is 17.8 Å². The molecule has 2 N–H and O–H groups in total. The minimum atomic E-state index is -4.64. The minimum absolute atomic E-state index is 0.0357. The van der Waals surface area contributed by atoms with Crippen LogP contribution in [0, 0.1) is 35.0 Å². The van der Waals surface area contributed by atoms with Crippen LogP contribution in [0.2, 0.25) is 0 Å². The smallest absolute Gasteiger partial charge is 0.417 e. The highest BCUT2D eigenvalue weighted by molar-refractivity contribution is 5.58. The standard InChI is InChI=1S/C26H28F3N5O2/c1-4-5-17-9-18(31)10-19(23(17)26(27,28)29)22-11-21-20(14-36-22)24(33-25(32-21)35-3)34-12-15(2)8-16(13-34)6-7-30/h9-10,15-16,22H,6,8,11-14,31H2,1-3H3. The fourth-order valence-corrected chi connectivity index (χ4v) is 5.20. The number of fused-ring (bicyclic) bond motifs is 1. The average molecular weight is 500 g/mol. The van der Waals surface area contributed by atoms with E-state index in [1.807, 2.05) is 0 Å². The molecule has 1 aromatic heterocycles. The van der Waals surface area contributed by atoms with Crippen LogP contribution in [-0.2, 0) is 23.9 Å². The van der Waals surface area contributed by atoms with Gasteiger partial charge in [-0.2, -0.15) is 28.4 Å². The molecule has 7 nitrogen and oxygen atoms in total. The second-order valence-electron chi connectivity index (χ2n) is 9.34. The molecule has 1 aromatic carbocycles. The molecule has 0 radical (unpaired) electrons. The van der Waals surface area contributed by atoms with E-state index >= 15 is 0 Å². The third-order valence-electron chi connectivity index (χ3n) is 6.55. The highest BCUT2D eigenvalue weighted by Crippen LogP contribution is 2.43. The van der Waals surface area contributed by atoms with Crippen LogP contribution in [0.5, 0.6) is 6.01 Å². The summed E-state index contributed by atoms with van der Waals surface area (Å²) in [6.45, 7) is 5.03. The molecule has 0 saturated carbocycles. The van der Waals surface area contributed by atoms with Crippen LogP contribution in [0.25, 0.3) is 0 Å². The number of anilines is 2. The lowest BCUT2D eigenvalue weighted by Crippen LogP contribution is -2.41. The molecule has 3 heterocycles. The van der Waals surface area contributed by atoms with Gasteiger partial charge in [0.25, 0.3) is 0 Å². The molecule has 0 amide bonds. The molecule has 0 bridgehead atoms. The Morgan fingerprint density at radius 2 is 2.06 bits per heavy atom. The van der Waals surface area contributed by atoms with Gasteiger partial charge in [0.15, 0.2) is 0 Å². The topological polar surface area (TPSA) is 97.3 Å². The monoisotopic (exact) mass is 499 g/mol. The predicted molar refractivity (Wildman–Crippen MR) is 128 cm³/mol. The first-order valence-corrected chi connectivity index (χ1v) is 11.7. The fourth-order valence-electron chi connectivity index (χ4n) is 5.20. The van der Waals surface area contributed by atoms with Gasteiger partial charge >= 0.3 is 12.2 Å². The maximum absolute atomic E-state index is 14.1. The first-order chi connectivity index (χ1) is 17.1. The van der Waals surface area contributed by atoms with Gasteiger partial charge in [-0.25, -0.2) is 0 Å². The van der Waals surface area contributed by atoms with Crippen molar-refractivity contribution in [2.24, 2.45) is 11.8 Å². The molecule has 36 heavy (non-hydrogen) atoms.